The van der Waals surface area contributed by atoms with Crippen molar-refractivity contribution in [3.05, 3.63) is 63.1 Å². The normalized spacial score (nSPS) is 12.2. The highest BCUT2D eigenvalue weighted by molar-refractivity contribution is 9.10. The largest absolute Gasteiger partial charge is 0.354 e. The lowest BCUT2D eigenvalue weighted by molar-refractivity contribution is -0.139. The first kappa shape index (κ1) is 27.1. The third-order valence-corrected chi connectivity index (χ3v) is 7.33. The Hall–Kier alpha value is -2.10. The maximum Gasteiger partial charge on any atom is 0.244 e. The molecule has 1 unspecified atom stereocenters. The molecule has 7 nitrogen and oxygen atoms in total. The standard InChI is InChI=1S/C23H29BrClN3O4S/c1-5-11-26-23(30)17(3)27(14-18-7-6-8-19(25)13-18)22(29)15-28(33(4,31)32)20-9-10-21(24)16(2)12-20/h6-10,12-13,17H,5,11,14-15H2,1-4H3,(H,26,30). The summed E-state index contributed by atoms with van der Waals surface area (Å²) in [6.07, 6.45) is 1.81. The van der Waals surface area contributed by atoms with E-state index in [1.807, 2.05) is 13.8 Å². The molecule has 0 saturated heterocycles. The molecule has 1 atom stereocenters. The quantitative estimate of drug-likeness (QED) is 0.475. The second-order valence-electron chi connectivity index (χ2n) is 7.82. The molecule has 2 aromatic rings. The van der Waals surface area contributed by atoms with Crippen molar-refractivity contribution in [2.75, 3.05) is 23.7 Å². The summed E-state index contributed by atoms with van der Waals surface area (Å²) in [4.78, 5) is 27.5. The molecule has 2 amide bonds. The van der Waals surface area contributed by atoms with E-state index in [0.717, 1.165) is 32.6 Å². The first-order valence-electron chi connectivity index (χ1n) is 10.5. The highest BCUT2D eigenvalue weighted by atomic mass is 79.9. The minimum Gasteiger partial charge on any atom is -0.354 e. The molecule has 0 spiro atoms. The first-order valence-corrected chi connectivity index (χ1v) is 13.5. The van der Waals surface area contributed by atoms with Gasteiger partial charge in [-0.2, -0.15) is 0 Å². The number of nitrogens with zero attached hydrogens (tertiary/aromatic N) is 2. The van der Waals surface area contributed by atoms with Crippen molar-refractivity contribution in [1.82, 2.24) is 10.2 Å². The predicted molar refractivity (Wildman–Crippen MR) is 136 cm³/mol. The average molecular weight is 559 g/mol. The van der Waals surface area contributed by atoms with E-state index in [4.69, 9.17) is 11.6 Å². The van der Waals surface area contributed by atoms with E-state index < -0.39 is 28.5 Å². The molecular weight excluding hydrogens is 530 g/mol. The van der Waals surface area contributed by atoms with Gasteiger partial charge in [0.05, 0.1) is 11.9 Å². The number of halogens is 2. The van der Waals surface area contributed by atoms with Gasteiger partial charge in [0.15, 0.2) is 0 Å². The monoisotopic (exact) mass is 557 g/mol. The van der Waals surface area contributed by atoms with Gasteiger partial charge in [0.2, 0.25) is 21.8 Å². The van der Waals surface area contributed by atoms with E-state index >= 15 is 0 Å². The topological polar surface area (TPSA) is 86.8 Å². The van der Waals surface area contributed by atoms with Gasteiger partial charge >= 0.3 is 0 Å². The molecule has 0 heterocycles. The van der Waals surface area contributed by atoms with Crippen LogP contribution in [0.3, 0.4) is 0 Å². The Morgan fingerprint density at radius 1 is 1.18 bits per heavy atom. The summed E-state index contributed by atoms with van der Waals surface area (Å²) in [6, 6.07) is 11.2. The molecule has 180 valence electrons. The Kier molecular flexibility index (Phi) is 9.75. The lowest BCUT2D eigenvalue weighted by Crippen LogP contribution is -2.51. The number of anilines is 1. The van der Waals surface area contributed by atoms with Crippen molar-refractivity contribution in [2.45, 2.75) is 39.8 Å². The molecular formula is C23H29BrClN3O4S. The van der Waals surface area contributed by atoms with Gasteiger partial charge in [-0.1, -0.05) is 46.6 Å². The van der Waals surface area contributed by atoms with Crippen LogP contribution in [0, 0.1) is 6.92 Å². The van der Waals surface area contributed by atoms with Crippen molar-refractivity contribution < 1.29 is 18.0 Å². The van der Waals surface area contributed by atoms with Crippen LogP contribution in [0.15, 0.2) is 46.9 Å². The Labute approximate surface area is 209 Å². The van der Waals surface area contributed by atoms with Crippen molar-refractivity contribution in [3.63, 3.8) is 0 Å². The zero-order chi connectivity index (χ0) is 24.8. The van der Waals surface area contributed by atoms with E-state index in [1.165, 1.54) is 4.90 Å². The highest BCUT2D eigenvalue weighted by Crippen LogP contribution is 2.25. The van der Waals surface area contributed by atoms with Crippen LogP contribution in [0.25, 0.3) is 0 Å². The molecule has 10 heteroatoms. The molecule has 0 bridgehead atoms. The van der Waals surface area contributed by atoms with Crippen LogP contribution in [-0.2, 0) is 26.2 Å². The van der Waals surface area contributed by atoms with Crippen LogP contribution in [-0.4, -0.2) is 50.5 Å². The Morgan fingerprint density at radius 2 is 1.88 bits per heavy atom. The van der Waals surface area contributed by atoms with E-state index in [1.54, 1.807) is 49.4 Å². The van der Waals surface area contributed by atoms with Gasteiger partial charge in [-0.25, -0.2) is 8.42 Å². The Balaban J connectivity index is 2.39. The molecule has 2 aromatic carbocycles. The third-order valence-electron chi connectivity index (χ3n) is 5.07. The number of benzene rings is 2. The molecule has 33 heavy (non-hydrogen) atoms. The van der Waals surface area contributed by atoms with E-state index in [9.17, 15) is 18.0 Å². The van der Waals surface area contributed by atoms with E-state index in [0.29, 0.717) is 17.3 Å². The maximum absolute atomic E-state index is 13.4. The number of amides is 2. The van der Waals surface area contributed by atoms with Crippen LogP contribution < -0.4 is 9.62 Å². The van der Waals surface area contributed by atoms with Crippen LogP contribution in [0.2, 0.25) is 5.02 Å². The molecule has 0 aliphatic carbocycles. The van der Waals surface area contributed by atoms with Gasteiger partial charge in [0, 0.05) is 22.6 Å². The summed E-state index contributed by atoms with van der Waals surface area (Å²) < 4.78 is 27.0. The highest BCUT2D eigenvalue weighted by Gasteiger charge is 2.30. The minimum atomic E-state index is -3.77. The smallest absolute Gasteiger partial charge is 0.244 e. The first-order chi connectivity index (χ1) is 15.4. The average Bonchev–Trinajstić information content (AvgIpc) is 2.74. The fourth-order valence-electron chi connectivity index (χ4n) is 3.21. The Morgan fingerprint density at radius 3 is 2.45 bits per heavy atom. The van der Waals surface area contributed by atoms with Crippen molar-refractivity contribution >= 4 is 55.1 Å². The van der Waals surface area contributed by atoms with E-state index in [-0.39, 0.29) is 12.5 Å². The number of carbonyl (C=O) groups excluding carboxylic acids is 2. The third kappa shape index (κ3) is 7.72. The predicted octanol–water partition coefficient (Wildman–Crippen LogP) is 4.12. The van der Waals surface area contributed by atoms with Crippen molar-refractivity contribution in [1.29, 1.82) is 0 Å². The number of nitrogens with one attached hydrogen (secondary N) is 1. The number of carbonyl (C=O) groups is 2. The molecule has 0 aliphatic rings. The maximum atomic E-state index is 13.4. The van der Waals surface area contributed by atoms with Gasteiger partial charge in [-0.15, -0.1) is 0 Å². The summed E-state index contributed by atoms with van der Waals surface area (Å²) >= 11 is 9.50. The zero-order valence-electron chi connectivity index (χ0n) is 19.1. The number of hydrogen-bond donors (Lipinski definition) is 1. The van der Waals surface area contributed by atoms with Gasteiger partial charge in [-0.05, 0) is 61.7 Å². The number of rotatable bonds is 10. The van der Waals surface area contributed by atoms with Gasteiger partial charge in [-0.3, -0.25) is 13.9 Å². The van der Waals surface area contributed by atoms with Gasteiger partial charge in [0.1, 0.15) is 12.6 Å². The fourth-order valence-corrected chi connectivity index (χ4v) is 4.51. The lowest BCUT2D eigenvalue weighted by Gasteiger charge is -2.31. The second kappa shape index (κ2) is 11.9. The summed E-state index contributed by atoms with van der Waals surface area (Å²) in [6.45, 7) is 5.55. The number of aryl methyl sites for hydroxylation is 1. The summed E-state index contributed by atoms with van der Waals surface area (Å²) in [7, 11) is -3.77. The van der Waals surface area contributed by atoms with Crippen LogP contribution >= 0.6 is 27.5 Å². The molecule has 1 N–H and O–H groups in total. The second-order valence-corrected chi connectivity index (χ2v) is 11.0. The lowest BCUT2D eigenvalue weighted by atomic mass is 10.1. The molecule has 0 fully saturated rings. The number of sulfonamides is 1. The van der Waals surface area contributed by atoms with Gasteiger partial charge < -0.3 is 10.2 Å². The van der Waals surface area contributed by atoms with Gasteiger partial charge in [0.25, 0.3) is 0 Å². The number of hydrogen-bond acceptors (Lipinski definition) is 4. The van der Waals surface area contributed by atoms with E-state index in [2.05, 4.69) is 21.2 Å². The Bertz CT molecular complexity index is 1110. The summed E-state index contributed by atoms with van der Waals surface area (Å²) in [5.74, 6) is -0.808. The van der Waals surface area contributed by atoms with Crippen LogP contribution in [0.4, 0.5) is 5.69 Å². The molecule has 0 saturated carbocycles. The van der Waals surface area contributed by atoms with Crippen molar-refractivity contribution in [2.24, 2.45) is 0 Å². The summed E-state index contributed by atoms with van der Waals surface area (Å²) in [5, 5.41) is 3.30. The molecule has 0 aromatic heterocycles. The molecule has 0 aliphatic heterocycles. The fraction of sp³-hybridized carbons (Fsp3) is 0.391. The van der Waals surface area contributed by atoms with Crippen molar-refractivity contribution in [3.8, 4) is 0 Å². The minimum absolute atomic E-state index is 0.108. The summed E-state index contributed by atoms with van der Waals surface area (Å²) in [5.41, 5.74) is 1.94. The zero-order valence-corrected chi connectivity index (χ0v) is 22.3. The molecule has 2 rings (SSSR count). The van der Waals surface area contributed by atoms with Crippen LogP contribution in [0.5, 0.6) is 0 Å². The molecule has 0 radical (unpaired) electrons. The SMILES string of the molecule is CCCNC(=O)C(C)N(Cc1cccc(Cl)c1)C(=O)CN(c1ccc(Br)c(C)c1)S(C)(=O)=O. The van der Waals surface area contributed by atoms with Crippen LogP contribution in [0.1, 0.15) is 31.4 Å².